The van der Waals surface area contributed by atoms with Crippen molar-refractivity contribution < 1.29 is 0 Å². The molecule has 0 radical (unpaired) electrons. The number of hydrogen-bond acceptors (Lipinski definition) is 3. The lowest BCUT2D eigenvalue weighted by Crippen LogP contribution is -2.01. The molecule has 0 aliphatic heterocycles. The number of hydrogen-bond donors (Lipinski definition) is 0. The summed E-state index contributed by atoms with van der Waals surface area (Å²) < 4.78 is 2.30. The van der Waals surface area contributed by atoms with Gasteiger partial charge in [0.15, 0.2) is 17.5 Å². The summed E-state index contributed by atoms with van der Waals surface area (Å²) in [6, 6.07) is 43.1. The van der Waals surface area contributed by atoms with E-state index in [1.165, 1.54) is 21.8 Å². The van der Waals surface area contributed by atoms with E-state index in [4.69, 9.17) is 21.4 Å². The predicted molar refractivity (Wildman–Crippen MR) is 158 cm³/mol. The summed E-state index contributed by atoms with van der Waals surface area (Å²) in [5.74, 6) is 4.52. The number of benzene rings is 5. The van der Waals surface area contributed by atoms with Crippen molar-refractivity contribution in [1.82, 2.24) is 19.5 Å². The number of nitrogens with zero attached hydrogens (tertiary/aromatic N) is 4. The highest BCUT2D eigenvalue weighted by Gasteiger charge is 2.15. The van der Waals surface area contributed by atoms with Crippen molar-refractivity contribution in [3.63, 3.8) is 0 Å². The molecule has 0 fully saturated rings. The molecule has 7 rings (SSSR count). The molecule has 39 heavy (non-hydrogen) atoms. The molecule has 0 saturated carbocycles. The third-order valence-corrected chi connectivity index (χ3v) is 6.95. The van der Waals surface area contributed by atoms with Crippen molar-refractivity contribution in [2.45, 2.75) is 0 Å². The first-order valence-corrected chi connectivity index (χ1v) is 12.8. The van der Waals surface area contributed by atoms with Gasteiger partial charge in [-0.15, -0.1) is 6.42 Å². The van der Waals surface area contributed by atoms with Gasteiger partial charge in [-0.3, -0.25) is 0 Å². The van der Waals surface area contributed by atoms with Crippen LogP contribution in [-0.4, -0.2) is 19.5 Å². The van der Waals surface area contributed by atoms with Gasteiger partial charge in [0.2, 0.25) is 0 Å². The average molecular weight is 499 g/mol. The largest absolute Gasteiger partial charge is 0.309 e. The molecule has 0 aliphatic rings. The molecule has 0 unspecified atom stereocenters. The Morgan fingerprint density at radius 2 is 1.00 bits per heavy atom. The van der Waals surface area contributed by atoms with Crippen LogP contribution in [0.5, 0.6) is 0 Å². The minimum Gasteiger partial charge on any atom is -0.309 e. The molecule has 0 amide bonds. The van der Waals surface area contributed by atoms with E-state index in [0.717, 1.165) is 27.9 Å². The summed E-state index contributed by atoms with van der Waals surface area (Å²) in [5.41, 5.74) is 6.79. The second-order valence-corrected chi connectivity index (χ2v) is 9.28. The van der Waals surface area contributed by atoms with Crippen LogP contribution in [-0.2, 0) is 0 Å². The first-order valence-electron chi connectivity index (χ1n) is 12.8. The van der Waals surface area contributed by atoms with E-state index in [0.29, 0.717) is 17.5 Å². The van der Waals surface area contributed by atoms with Gasteiger partial charge in [-0.25, -0.2) is 15.0 Å². The number of terminal acetylenes is 1. The molecule has 0 saturated heterocycles. The highest BCUT2D eigenvalue weighted by molar-refractivity contribution is 6.09. The Balaban J connectivity index is 1.38. The zero-order valence-electron chi connectivity index (χ0n) is 21.0. The van der Waals surface area contributed by atoms with Gasteiger partial charge in [0, 0.05) is 38.7 Å². The molecule has 4 heteroatoms. The van der Waals surface area contributed by atoms with Crippen LogP contribution >= 0.6 is 0 Å². The topological polar surface area (TPSA) is 43.6 Å². The molecular weight excluding hydrogens is 476 g/mol. The molecule has 4 nitrogen and oxygen atoms in total. The van der Waals surface area contributed by atoms with Gasteiger partial charge in [-0.1, -0.05) is 84.8 Å². The Labute approximate surface area is 226 Å². The number of fused-ring (bicyclic) bond motifs is 3. The third kappa shape index (κ3) is 3.94. The summed E-state index contributed by atoms with van der Waals surface area (Å²) >= 11 is 0. The van der Waals surface area contributed by atoms with E-state index >= 15 is 0 Å². The summed E-state index contributed by atoms with van der Waals surface area (Å²) in [4.78, 5) is 14.6. The highest BCUT2D eigenvalue weighted by Crippen LogP contribution is 2.33. The third-order valence-electron chi connectivity index (χ3n) is 6.95. The van der Waals surface area contributed by atoms with Gasteiger partial charge >= 0.3 is 0 Å². The molecule has 0 N–H and O–H groups in total. The van der Waals surface area contributed by atoms with Gasteiger partial charge in [-0.2, -0.15) is 0 Å². The Morgan fingerprint density at radius 3 is 1.64 bits per heavy atom. The predicted octanol–water partition coefficient (Wildman–Crippen LogP) is 7.95. The fraction of sp³-hybridized carbons (Fsp3) is 0. The Bertz CT molecular complexity index is 1960. The average Bonchev–Trinajstić information content (AvgIpc) is 3.36. The van der Waals surface area contributed by atoms with E-state index in [9.17, 15) is 0 Å². The van der Waals surface area contributed by atoms with Gasteiger partial charge < -0.3 is 4.57 Å². The maximum absolute atomic E-state index is 5.80. The summed E-state index contributed by atoms with van der Waals surface area (Å²) in [7, 11) is 0. The lowest BCUT2D eigenvalue weighted by molar-refractivity contribution is 1.07. The van der Waals surface area contributed by atoms with E-state index < -0.39 is 0 Å². The normalized spacial score (nSPS) is 11.1. The molecule has 0 spiro atoms. The molecule has 0 aliphatic carbocycles. The van der Waals surface area contributed by atoms with E-state index in [-0.39, 0.29) is 0 Å². The van der Waals surface area contributed by atoms with Gasteiger partial charge in [0.1, 0.15) is 0 Å². The highest BCUT2D eigenvalue weighted by atomic mass is 15.0. The number of aromatic nitrogens is 4. The van der Waals surface area contributed by atoms with E-state index in [1.54, 1.807) is 0 Å². The smallest absolute Gasteiger partial charge is 0.165 e. The molecule has 7 aromatic rings. The van der Waals surface area contributed by atoms with Crippen molar-refractivity contribution in [1.29, 1.82) is 0 Å². The fourth-order valence-electron chi connectivity index (χ4n) is 5.11. The first kappa shape index (κ1) is 22.7. The van der Waals surface area contributed by atoms with E-state index in [1.807, 2.05) is 54.6 Å². The van der Waals surface area contributed by atoms with Gasteiger partial charge in [0.05, 0.1) is 11.0 Å². The van der Waals surface area contributed by atoms with Crippen LogP contribution in [0.25, 0.3) is 61.7 Å². The monoisotopic (exact) mass is 498 g/mol. The SMILES string of the molecule is C#Cc1ccccc1-c1nc(-c2ccccc2)nc(-c2ccc(-n3c4ccccc4c4ccccc43)cc2)n1. The van der Waals surface area contributed by atoms with Crippen molar-refractivity contribution >= 4 is 21.8 Å². The first-order chi connectivity index (χ1) is 19.3. The van der Waals surface area contributed by atoms with Gasteiger partial charge in [-0.05, 0) is 48.5 Å². The zero-order valence-corrected chi connectivity index (χ0v) is 21.0. The minimum absolute atomic E-state index is 0.555. The van der Waals surface area contributed by atoms with Crippen molar-refractivity contribution in [3.05, 3.63) is 133 Å². The zero-order chi connectivity index (χ0) is 26.2. The summed E-state index contributed by atoms with van der Waals surface area (Å²) in [6.07, 6.45) is 5.80. The van der Waals surface area contributed by atoms with Crippen LogP contribution in [0.2, 0.25) is 0 Å². The van der Waals surface area contributed by atoms with Crippen LogP contribution in [0.3, 0.4) is 0 Å². The van der Waals surface area contributed by atoms with Crippen molar-refractivity contribution in [2.24, 2.45) is 0 Å². The van der Waals surface area contributed by atoms with Crippen molar-refractivity contribution in [3.8, 4) is 52.2 Å². The number of para-hydroxylation sites is 2. The molecular formula is C35H22N4. The maximum Gasteiger partial charge on any atom is 0.165 e. The Morgan fingerprint density at radius 1 is 0.487 bits per heavy atom. The Hall–Kier alpha value is -5.53. The maximum atomic E-state index is 5.80. The van der Waals surface area contributed by atoms with Crippen LogP contribution in [0.15, 0.2) is 127 Å². The lowest BCUT2D eigenvalue weighted by Gasteiger charge is -2.11. The molecule has 182 valence electrons. The van der Waals surface area contributed by atoms with Crippen LogP contribution < -0.4 is 0 Å². The fourth-order valence-corrected chi connectivity index (χ4v) is 5.11. The second-order valence-electron chi connectivity index (χ2n) is 9.28. The minimum atomic E-state index is 0.555. The van der Waals surface area contributed by atoms with Crippen molar-refractivity contribution in [2.75, 3.05) is 0 Å². The molecule has 5 aromatic carbocycles. The standard InChI is InChI=1S/C35H22N4/c1-2-24-12-6-7-15-28(24)35-37-33(25-13-4-3-5-14-25)36-34(38-35)26-20-22-27(23-21-26)39-31-18-10-8-16-29(31)30-17-9-11-19-32(30)39/h1,3-23H. The molecule has 2 aromatic heterocycles. The molecule has 0 bridgehead atoms. The summed E-state index contributed by atoms with van der Waals surface area (Å²) in [6.45, 7) is 0. The van der Waals surface area contributed by atoms with Crippen LogP contribution in [0.4, 0.5) is 0 Å². The molecule has 0 atom stereocenters. The van der Waals surface area contributed by atoms with Crippen LogP contribution in [0, 0.1) is 12.3 Å². The van der Waals surface area contributed by atoms with E-state index in [2.05, 4.69) is 83.3 Å². The van der Waals surface area contributed by atoms with Gasteiger partial charge in [0.25, 0.3) is 0 Å². The molecule has 2 heterocycles. The summed E-state index contributed by atoms with van der Waals surface area (Å²) in [5, 5.41) is 2.47. The lowest BCUT2D eigenvalue weighted by atomic mass is 10.1. The number of rotatable bonds is 4. The Kier molecular flexibility index (Phi) is 5.46. The quantitative estimate of drug-likeness (QED) is 0.231. The van der Waals surface area contributed by atoms with Crippen LogP contribution in [0.1, 0.15) is 5.56 Å². The second kappa shape index (κ2) is 9.41.